The molecule has 3 aliphatic rings. The first kappa shape index (κ1) is 24.3. The third kappa shape index (κ3) is 4.79. The first-order valence-corrected chi connectivity index (χ1v) is 13.0. The normalized spacial score (nSPS) is 19.8. The van der Waals surface area contributed by atoms with E-state index in [1.807, 2.05) is 30.3 Å². The monoisotopic (exact) mass is 512 g/mol. The molecule has 194 valence electrons. The predicted molar refractivity (Wildman–Crippen MR) is 141 cm³/mol. The minimum Gasteiger partial charge on any atom is -0.380 e. The Labute approximate surface area is 220 Å². The first-order valence-electron chi connectivity index (χ1n) is 13.0. The maximum absolute atomic E-state index is 13.3. The fraction of sp³-hybridized carbons (Fsp3) is 0.300. The fourth-order valence-corrected chi connectivity index (χ4v) is 5.62. The van der Waals surface area contributed by atoms with E-state index < -0.39 is 11.9 Å². The molecular formula is C30H29FN4O3. The van der Waals surface area contributed by atoms with E-state index in [0.29, 0.717) is 31.0 Å². The van der Waals surface area contributed by atoms with Crippen molar-refractivity contribution in [3.63, 3.8) is 0 Å². The molecule has 0 aromatic heterocycles. The van der Waals surface area contributed by atoms with Gasteiger partial charge in [-0.25, -0.2) is 4.39 Å². The molecule has 0 spiro atoms. The quantitative estimate of drug-likeness (QED) is 0.471. The van der Waals surface area contributed by atoms with Crippen LogP contribution in [0.15, 0.2) is 66.7 Å². The summed E-state index contributed by atoms with van der Waals surface area (Å²) < 4.78 is 13.2. The molecule has 0 bridgehead atoms. The number of amides is 3. The standard InChI is InChI=1S/C30H29FN4O3/c31-24-10-8-21(9-11-24)23-16-34(17-23)15-20-6-4-19(5-7-20)14-32-25-3-1-2-22-18-35(30(38)28(22)25)26-12-13-27(36)33-29(26)37/h1-11,23,26,32H,12-18H2,(H,33,36,37). The molecule has 3 aromatic carbocycles. The lowest BCUT2D eigenvalue weighted by molar-refractivity contribution is -0.136. The Bertz CT molecular complexity index is 1380. The molecule has 38 heavy (non-hydrogen) atoms. The molecule has 0 aliphatic carbocycles. The first-order chi connectivity index (χ1) is 18.4. The van der Waals surface area contributed by atoms with Gasteiger partial charge in [0.1, 0.15) is 11.9 Å². The number of piperidine rings is 1. The van der Waals surface area contributed by atoms with Crippen molar-refractivity contribution in [3.05, 3.63) is 100 Å². The van der Waals surface area contributed by atoms with Gasteiger partial charge in [-0.1, -0.05) is 48.5 Å². The molecule has 3 heterocycles. The van der Waals surface area contributed by atoms with Crippen LogP contribution in [0, 0.1) is 5.82 Å². The van der Waals surface area contributed by atoms with Crippen molar-refractivity contribution >= 4 is 23.4 Å². The van der Waals surface area contributed by atoms with Gasteiger partial charge in [-0.05, 0) is 46.9 Å². The lowest BCUT2D eigenvalue weighted by atomic mass is 9.91. The number of likely N-dealkylation sites (tertiary alicyclic amines) is 1. The van der Waals surface area contributed by atoms with Gasteiger partial charge in [0.05, 0.1) is 5.56 Å². The highest BCUT2D eigenvalue weighted by molar-refractivity contribution is 6.07. The summed E-state index contributed by atoms with van der Waals surface area (Å²) in [5.74, 6) is -0.609. The van der Waals surface area contributed by atoms with E-state index in [2.05, 4.69) is 39.8 Å². The predicted octanol–water partition coefficient (Wildman–Crippen LogP) is 3.80. The van der Waals surface area contributed by atoms with Crippen LogP contribution in [0.3, 0.4) is 0 Å². The van der Waals surface area contributed by atoms with Crippen molar-refractivity contribution in [2.75, 3.05) is 18.4 Å². The Morgan fingerprint density at radius 3 is 2.39 bits per heavy atom. The van der Waals surface area contributed by atoms with Gasteiger partial charge in [-0.2, -0.15) is 0 Å². The van der Waals surface area contributed by atoms with Crippen LogP contribution in [0.5, 0.6) is 0 Å². The van der Waals surface area contributed by atoms with Gasteiger partial charge in [0.15, 0.2) is 0 Å². The summed E-state index contributed by atoms with van der Waals surface area (Å²) in [5.41, 5.74) is 5.76. The van der Waals surface area contributed by atoms with Gasteiger partial charge in [0, 0.05) is 50.7 Å². The number of rotatable bonds is 7. The van der Waals surface area contributed by atoms with Crippen LogP contribution < -0.4 is 10.6 Å². The number of hydrogen-bond acceptors (Lipinski definition) is 5. The molecular weight excluding hydrogens is 483 g/mol. The number of anilines is 1. The molecule has 2 fully saturated rings. The molecule has 3 aliphatic heterocycles. The number of carbonyl (C=O) groups is 3. The largest absolute Gasteiger partial charge is 0.380 e. The van der Waals surface area contributed by atoms with Crippen molar-refractivity contribution < 1.29 is 18.8 Å². The Hall–Kier alpha value is -4.04. The lowest BCUT2D eigenvalue weighted by Crippen LogP contribution is -2.52. The maximum atomic E-state index is 13.3. The third-order valence-electron chi connectivity index (χ3n) is 7.76. The molecule has 2 saturated heterocycles. The number of carbonyl (C=O) groups excluding carboxylic acids is 3. The second-order valence-electron chi connectivity index (χ2n) is 10.4. The molecule has 0 saturated carbocycles. The van der Waals surface area contributed by atoms with Gasteiger partial charge >= 0.3 is 0 Å². The molecule has 3 amide bonds. The molecule has 1 atom stereocenters. The summed E-state index contributed by atoms with van der Waals surface area (Å²) in [5, 5.41) is 5.75. The Morgan fingerprint density at radius 1 is 0.921 bits per heavy atom. The van der Waals surface area contributed by atoms with Crippen molar-refractivity contribution in [3.8, 4) is 0 Å². The van der Waals surface area contributed by atoms with E-state index in [1.54, 1.807) is 4.90 Å². The zero-order chi connectivity index (χ0) is 26.2. The van der Waals surface area contributed by atoms with Gasteiger partial charge in [0.2, 0.25) is 11.8 Å². The second kappa shape index (κ2) is 10.0. The van der Waals surface area contributed by atoms with Crippen LogP contribution in [0.2, 0.25) is 0 Å². The van der Waals surface area contributed by atoms with E-state index in [9.17, 15) is 18.8 Å². The fourth-order valence-electron chi connectivity index (χ4n) is 5.62. The topological polar surface area (TPSA) is 81.8 Å². The van der Waals surface area contributed by atoms with Crippen LogP contribution in [0.4, 0.5) is 10.1 Å². The highest BCUT2D eigenvalue weighted by Gasteiger charge is 2.40. The summed E-state index contributed by atoms with van der Waals surface area (Å²) in [6, 6.07) is 20.4. The van der Waals surface area contributed by atoms with Crippen LogP contribution in [0.25, 0.3) is 0 Å². The summed E-state index contributed by atoms with van der Waals surface area (Å²) in [6.45, 7) is 3.75. The Balaban J connectivity index is 1.04. The van der Waals surface area contributed by atoms with Crippen LogP contribution >= 0.6 is 0 Å². The van der Waals surface area contributed by atoms with Crippen LogP contribution in [0.1, 0.15) is 51.4 Å². The van der Waals surface area contributed by atoms with E-state index in [0.717, 1.165) is 36.4 Å². The van der Waals surface area contributed by atoms with Gasteiger partial charge in [-0.3, -0.25) is 24.6 Å². The van der Waals surface area contributed by atoms with E-state index in [4.69, 9.17) is 0 Å². The van der Waals surface area contributed by atoms with E-state index >= 15 is 0 Å². The van der Waals surface area contributed by atoms with E-state index in [1.165, 1.54) is 23.3 Å². The van der Waals surface area contributed by atoms with Gasteiger partial charge in [0.25, 0.3) is 5.91 Å². The molecule has 8 heteroatoms. The average molecular weight is 513 g/mol. The molecule has 6 rings (SSSR count). The highest BCUT2D eigenvalue weighted by atomic mass is 19.1. The van der Waals surface area contributed by atoms with Gasteiger partial charge < -0.3 is 10.2 Å². The summed E-state index contributed by atoms with van der Waals surface area (Å²) >= 11 is 0. The Kier molecular flexibility index (Phi) is 6.41. The number of halogens is 1. The number of hydrogen-bond donors (Lipinski definition) is 2. The van der Waals surface area contributed by atoms with E-state index in [-0.39, 0.29) is 24.1 Å². The smallest absolute Gasteiger partial charge is 0.257 e. The summed E-state index contributed by atoms with van der Waals surface area (Å²) in [4.78, 5) is 41.1. The minimum absolute atomic E-state index is 0.179. The molecule has 2 N–H and O–H groups in total. The number of nitrogens with one attached hydrogen (secondary N) is 2. The van der Waals surface area contributed by atoms with Crippen LogP contribution in [-0.4, -0.2) is 46.7 Å². The number of imide groups is 1. The van der Waals surface area contributed by atoms with Crippen molar-refractivity contribution in [2.24, 2.45) is 0 Å². The lowest BCUT2D eigenvalue weighted by Gasteiger charge is -2.39. The SMILES string of the molecule is O=C1CCC(N2Cc3cccc(NCc4ccc(CN5CC(c6ccc(F)cc6)C5)cc4)c3C2=O)C(=O)N1. The minimum atomic E-state index is -0.620. The maximum Gasteiger partial charge on any atom is 0.257 e. The second-order valence-corrected chi connectivity index (χ2v) is 10.4. The number of nitrogens with zero attached hydrogens (tertiary/aromatic N) is 2. The number of benzene rings is 3. The van der Waals surface area contributed by atoms with Gasteiger partial charge in [-0.15, -0.1) is 0 Å². The number of fused-ring (bicyclic) bond motifs is 1. The van der Waals surface area contributed by atoms with Crippen LogP contribution in [-0.2, 0) is 29.2 Å². The molecule has 1 unspecified atom stereocenters. The molecule has 3 aromatic rings. The molecule has 7 nitrogen and oxygen atoms in total. The summed E-state index contributed by atoms with van der Waals surface area (Å²) in [7, 11) is 0. The Morgan fingerprint density at radius 2 is 1.66 bits per heavy atom. The highest BCUT2D eigenvalue weighted by Crippen LogP contribution is 2.33. The van der Waals surface area contributed by atoms with Crippen molar-refractivity contribution in [1.82, 2.24) is 15.1 Å². The van der Waals surface area contributed by atoms with Crippen molar-refractivity contribution in [1.29, 1.82) is 0 Å². The third-order valence-corrected chi connectivity index (χ3v) is 7.76. The summed E-state index contributed by atoms with van der Waals surface area (Å²) in [6.07, 6.45) is 0.591. The zero-order valence-electron chi connectivity index (χ0n) is 21.0. The van der Waals surface area contributed by atoms with Crippen molar-refractivity contribution in [2.45, 2.75) is 44.4 Å². The zero-order valence-corrected chi connectivity index (χ0v) is 21.0. The molecule has 0 radical (unpaired) electrons. The average Bonchev–Trinajstić information content (AvgIpc) is 3.23.